The van der Waals surface area contributed by atoms with E-state index in [1.165, 1.54) is 24.3 Å². The average molecular weight is 410 g/mol. The molecule has 1 aromatic carbocycles. The molecule has 7 nitrogen and oxygen atoms in total. The topological polar surface area (TPSA) is 94.5 Å². The van der Waals surface area contributed by atoms with Gasteiger partial charge in [0.05, 0.1) is 5.75 Å². The maximum Gasteiger partial charge on any atom is 0.326 e. The standard InChI is InChI=1S/C19H23FN2O5S/c1-13-5-10-16(18(24)22(13)11-17(23)27-19(2,3)4)21-28(25,26)12-14-6-8-15(20)9-7-14/h5-10,21H,11-12H2,1-4H3. The molecule has 0 atom stereocenters. The van der Waals surface area contributed by atoms with Gasteiger partial charge in [0.2, 0.25) is 10.0 Å². The van der Waals surface area contributed by atoms with Crippen molar-refractivity contribution in [1.29, 1.82) is 0 Å². The quantitative estimate of drug-likeness (QED) is 0.739. The number of benzene rings is 1. The van der Waals surface area contributed by atoms with Gasteiger partial charge in [-0.2, -0.15) is 0 Å². The van der Waals surface area contributed by atoms with Crippen LogP contribution < -0.4 is 10.3 Å². The Kier molecular flexibility index (Phi) is 6.28. The Morgan fingerprint density at radius 1 is 1.14 bits per heavy atom. The van der Waals surface area contributed by atoms with E-state index in [2.05, 4.69) is 4.72 Å². The van der Waals surface area contributed by atoms with E-state index >= 15 is 0 Å². The number of hydrogen-bond donors (Lipinski definition) is 1. The predicted molar refractivity (Wildman–Crippen MR) is 104 cm³/mol. The van der Waals surface area contributed by atoms with Crippen LogP contribution in [-0.4, -0.2) is 24.6 Å². The SMILES string of the molecule is Cc1ccc(NS(=O)(=O)Cc2ccc(F)cc2)c(=O)n1CC(=O)OC(C)(C)C. The number of hydrogen-bond acceptors (Lipinski definition) is 5. The van der Waals surface area contributed by atoms with Crippen LogP contribution in [0.2, 0.25) is 0 Å². The lowest BCUT2D eigenvalue weighted by atomic mass is 10.2. The van der Waals surface area contributed by atoms with Crippen LogP contribution in [0.5, 0.6) is 0 Å². The molecule has 0 saturated carbocycles. The van der Waals surface area contributed by atoms with Gasteiger partial charge in [0.1, 0.15) is 23.7 Å². The summed E-state index contributed by atoms with van der Waals surface area (Å²) in [5.74, 6) is -1.51. The smallest absolute Gasteiger partial charge is 0.326 e. The third-order valence-corrected chi connectivity index (χ3v) is 4.88. The molecule has 0 fully saturated rings. The molecule has 0 saturated heterocycles. The van der Waals surface area contributed by atoms with Gasteiger partial charge < -0.3 is 4.74 Å². The van der Waals surface area contributed by atoms with Crippen molar-refractivity contribution in [3.8, 4) is 0 Å². The molecule has 0 aliphatic rings. The monoisotopic (exact) mass is 410 g/mol. The molecule has 2 aromatic rings. The molecule has 28 heavy (non-hydrogen) atoms. The molecule has 1 N–H and O–H groups in total. The van der Waals surface area contributed by atoms with Gasteiger partial charge in [0.15, 0.2) is 0 Å². The second-order valence-corrected chi connectivity index (χ2v) is 9.08. The molecule has 0 bridgehead atoms. The third-order valence-electron chi connectivity index (χ3n) is 3.64. The second-order valence-electron chi connectivity index (χ2n) is 7.35. The van der Waals surface area contributed by atoms with Crippen LogP contribution in [-0.2, 0) is 31.9 Å². The molecule has 152 valence electrons. The number of rotatable bonds is 6. The van der Waals surface area contributed by atoms with E-state index in [0.717, 1.165) is 16.7 Å². The van der Waals surface area contributed by atoms with E-state index in [1.807, 2.05) is 0 Å². The number of anilines is 1. The molecule has 9 heteroatoms. The first kappa shape index (κ1) is 21.6. The zero-order chi connectivity index (χ0) is 21.1. The lowest BCUT2D eigenvalue weighted by Crippen LogP contribution is -2.33. The molecule has 0 aliphatic heterocycles. The molecule has 0 amide bonds. The summed E-state index contributed by atoms with van der Waals surface area (Å²) in [6.45, 7) is 6.42. The molecule has 2 rings (SSSR count). The Labute approximate surface area is 163 Å². The lowest BCUT2D eigenvalue weighted by molar-refractivity contribution is -0.155. The fourth-order valence-corrected chi connectivity index (χ4v) is 3.65. The number of sulfonamides is 1. The Bertz CT molecular complexity index is 1020. The summed E-state index contributed by atoms with van der Waals surface area (Å²) in [6, 6.07) is 7.89. The summed E-state index contributed by atoms with van der Waals surface area (Å²) < 4.78 is 46.3. The van der Waals surface area contributed by atoms with Crippen LogP contribution in [0.1, 0.15) is 32.0 Å². The van der Waals surface area contributed by atoms with Crippen LogP contribution in [0.15, 0.2) is 41.2 Å². The zero-order valence-corrected chi connectivity index (χ0v) is 17.0. The fourth-order valence-electron chi connectivity index (χ4n) is 2.45. The molecule has 0 unspecified atom stereocenters. The number of aromatic nitrogens is 1. The number of carbonyl (C=O) groups is 1. The van der Waals surface area contributed by atoms with E-state index in [-0.39, 0.29) is 12.2 Å². The van der Waals surface area contributed by atoms with Crippen LogP contribution in [0, 0.1) is 12.7 Å². The highest BCUT2D eigenvalue weighted by Crippen LogP contribution is 2.12. The molecule has 1 heterocycles. The fraction of sp³-hybridized carbons (Fsp3) is 0.368. The Morgan fingerprint density at radius 2 is 1.75 bits per heavy atom. The number of nitrogens with one attached hydrogen (secondary N) is 1. The van der Waals surface area contributed by atoms with Crippen LogP contribution in [0.3, 0.4) is 0 Å². The number of esters is 1. The number of pyridine rings is 1. The van der Waals surface area contributed by atoms with Gasteiger partial charge >= 0.3 is 5.97 Å². The van der Waals surface area contributed by atoms with Crippen molar-refractivity contribution in [2.45, 2.75) is 45.6 Å². The minimum atomic E-state index is -3.91. The first-order valence-electron chi connectivity index (χ1n) is 8.53. The van der Waals surface area contributed by atoms with Crippen molar-refractivity contribution in [1.82, 2.24) is 4.57 Å². The van der Waals surface area contributed by atoms with Crippen molar-refractivity contribution >= 4 is 21.7 Å². The van der Waals surface area contributed by atoms with Crippen molar-refractivity contribution in [3.63, 3.8) is 0 Å². The van der Waals surface area contributed by atoms with Crippen molar-refractivity contribution < 1.29 is 22.3 Å². The minimum absolute atomic E-state index is 0.184. The van der Waals surface area contributed by atoms with E-state index < -0.39 is 38.7 Å². The first-order chi connectivity index (χ1) is 12.9. The number of halogens is 1. The Morgan fingerprint density at radius 3 is 2.32 bits per heavy atom. The highest BCUT2D eigenvalue weighted by atomic mass is 32.2. The van der Waals surface area contributed by atoms with Gasteiger partial charge in [-0.3, -0.25) is 18.9 Å². The zero-order valence-electron chi connectivity index (χ0n) is 16.2. The number of nitrogens with zero attached hydrogens (tertiary/aromatic N) is 1. The maximum atomic E-state index is 13.0. The summed E-state index contributed by atoms with van der Waals surface area (Å²) in [5, 5.41) is 0. The number of ether oxygens (including phenoxy) is 1. The van der Waals surface area contributed by atoms with Crippen molar-refractivity contribution in [3.05, 3.63) is 63.8 Å². The predicted octanol–water partition coefficient (Wildman–Crippen LogP) is 2.58. The van der Waals surface area contributed by atoms with E-state index in [9.17, 15) is 22.4 Å². The molecule has 0 radical (unpaired) electrons. The van der Waals surface area contributed by atoms with Gasteiger partial charge in [0, 0.05) is 5.69 Å². The summed E-state index contributed by atoms with van der Waals surface area (Å²) in [7, 11) is -3.91. The van der Waals surface area contributed by atoms with Gasteiger partial charge in [0.25, 0.3) is 5.56 Å². The van der Waals surface area contributed by atoms with Crippen LogP contribution >= 0.6 is 0 Å². The molecular formula is C19H23FN2O5S. The number of aryl methyl sites for hydroxylation is 1. The minimum Gasteiger partial charge on any atom is -0.459 e. The average Bonchev–Trinajstić information content (AvgIpc) is 2.54. The summed E-state index contributed by atoms with van der Waals surface area (Å²) in [6.07, 6.45) is 0. The molecular weight excluding hydrogens is 387 g/mol. The summed E-state index contributed by atoms with van der Waals surface area (Å²) in [5.41, 5.74) is -0.694. The van der Waals surface area contributed by atoms with Gasteiger partial charge in [-0.15, -0.1) is 0 Å². The highest BCUT2D eigenvalue weighted by Gasteiger charge is 2.20. The second kappa shape index (κ2) is 8.14. The largest absolute Gasteiger partial charge is 0.459 e. The molecule has 0 spiro atoms. The Balaban J connectivity index is 2.23. The van der Waals surface area contributed by atoms with Crippen LogP contribution in [0.25, 0.3) is 0 Å². The van der Waals surface area contributed by atoms with Gasteiger partial charge in [-0.25, -0.2) is 12.8 Å². The van der Waals surface area contributed by atoms with E-state index in [4.69, 9.17) is 4.74 Å². The first-order valence-corrected chi connectivity index (χ1v) is 10.2. The van der Waals surface area contributed by atoms with Crippen LogP contribution in [0.4, 0.5) is 10.1 Å². The third kappa shape index (κ3) is 6.19. The number of carbonyl (C=O) groups excluding carboxylic acids is 1. The van der Waals surface area contributed by atoms with E-state index in [0.29, 0.717) is 11.3 Å². The van der Waals surface area contributed by atoms with E-state index in [1.54, 1.807) is 27.7 Å². The summed E-state index contributed by atoms with van der Waals surface area (Å²) in [4.78, 5) is 24.7. The van der Waals surface area contributed by atoms with Crippen molar-refractivity contribution in [2.75, 3.05) is 4.72 Å². The highest BCUT2D eigenvalue weighted by molar-refractivity contribution is 7.91. The molecule has 0 aliphatic carbocycles. The van der Waals surface area contributed by atoms with Gasteiger partial charge in [-0.05, 0) is 57.5 Å². The Hall–Kier alpha value is -2.68. The maximum absolute atomic E-state index is 13.0. The summed E-state index contributed by atoms with van der Waals surface area (Å²) >= 11 is 0. The lowest BCUT2D eigenvalue weighted by Gasteiger charge is -2.20. The van der Waals surface area contributed by atoms with Crippen molar-refractivity contribution in [2.24, 2.45) is 0 Å². The molecule has 1 aromatic heterocycles. The van der Waals surface area contributed by atoms with Gasteiger partial charge in [-0.1, -0.05) is 12.1 Å². The normalized spacial score (nSPS) is 11.9.